The summed E-state index contributed by atoms with van der Waals surface area (Å²) >= 11 is 0. The molecule has 0 N–H and O–H groups in total. The summed E-state index contributed by atoms with van der Waals surface area (Å²) in [5.74, 6) is 2.52. The smallest absolute Gasteiger partial charge is 0.113 e. The standard InChI is InChI=1S/C20H26O/c1-10-6-12-9-20(5)18(21-20)16-15(13(12)7-10)11(2)8-14-17(16)19(14,3)4/h8,10,12-13,18H,6-7,9H2,1-5H3. The van der Waals surface area contributed by atoms with E-state index < -0.39 is 0 Å². The number of benzene rings is 1. The molecule has 3 aliphatic carbocycles. The topological polar surface area (TPSA) is 12.5 Å². The van der Waals surface area contributed by atoms with Gasteiger partial charge in [0.1, 0.15) is 6.10 Å². The zero-order valence-electron chi connectivity index (χ0n) is 13.9. The second kappa shape index (κ2) is 3.40. The third kappa shape index (κ3) is 1.42. The maximum absolute atomic E-state index is 6.28. The van der Waals surface area contributed by atoms with Gasteiger partial charge in [0.05, 0.1) is 5.60 Å². The van der Waals surface area contributed by atoms with Crippen molar-refractivity contribution in [2.45, 2.75) is 76.9 Å². The Morgan fingerprint density at radius 1 is 1.14 bits per heavy atom. The normalized spacial score (nSPS) is 44.2. The fraction of sp³-hybridized carbons (Fsp3) is 0.700. The average Bonchev–Trinajstić information content (AvgIpc) is 3.13. The molecule has 1 aliphatic heterocycles. The summed E-state index contributed by atoms with van der Waals surface area (Å²) in [6.07, 6.45) is 4.45. The molecule has 5 rings (SSSR count). The third-order valence-corrected chi connectivity index (χ3v) is 6.97. The minimum Gasteiger partial charge on any atom is -0.361 e. The van der Waals surface area contributed by atoms with Crippen LogP contribution < -0.4 is 0 Å². The van der Waals surface area contributed by atoms with Crippen LogP contribution in [0.5, 0.6) is 0 Å². The Hall–Kier alpha value is -0.820. The van der Waals surface area contributed by atoms with Crippen molar-refractivity contribution in [2.75, 3.05) is 0 Å². The van der Waals surface area contributed by atoms with E-state index in [0.29, 0.717) is 11.5 Å². The Morgan fingerprint density at radius 2 is 1.90 bits per heavy atom. The van der Waals surface area contributed by atoms with Gasteiger partial charge in [0.25, 0.3) is 0 Å². The number of hydrogen-bond donors (Lipinski definition) is 0. The van der Waals surface area contributed by atoms with Crippen LogP contribution in [-0.2, 0) is 10.2 Å². The molecular formula is C20H26O. The minimum absolute atomic E-state index is 0.137. The highest BCUT2D eigenvalue weighted by Crippen LogP contribution is 2.67. The van der Waals surface area contributed by atoms with Crippen molar-refractivity contribution in [3.8, 4) is 0 Å². The average molecular weight is 282 g/mol. The van der Waals surface area contributed by atoms with E-state index in [1.807, 2.05) is 0 Å². The second-order valence-corrected chi connectivity index (χ2v) is 9.03. The van der Waals surface area contributed by atoms with Crippen molar-refractivity contribution in [2.24, 2.45) is 11.8 Å². The van der Waals surface area contributed by atoms with Gasteiger partial charge in [-0.05, 0) is 78.7 Å². The number of epoxide rings is 1. The van der Waals surface area contributed by atoms with E-state index in [0.717, 1.165) is 17.8 Å². The second-order valence-electron chi connectivity index (χ2n) is 9.03. The van der Waals surface area contributed by atoms with Crippen LogP contribution in [0.3, 0.4) is 0 Å². The number of fused-ring (bicyclic) bond motifs is 7. The number of aryl methyl sites for hydroxylation is 1. The highest BCUT2D eigenvalue weighted by Gasteiger charge is 2.62. The summed E-state index contributed by atoms with van der Waals surface area (Å²) in [4.78, 5) is 0. The molecule has 1 aromatic rings. The molecular weight excluding hydrogens is 256 g/mol. The first-order valence-electron chi connectivity index (χ1n) is 8.69. The van der Waals surface area contributed by atoms with Gasteiger partial charge in [-0.15, -0.1) is 0 Å². The van der Waals surface area contributed by atoms with E-state index >= 15 is 0 Å². The summed E-state index contributed by atoms with van der Waals surface area (Å²) in [6.45, 7) is 11.9. The van der Waals surface area contributed by atoms with Crippen LogP contribution in [0.25, 0.3) is 0 Å². The van der Waals surface area contributed by atoms with Crippen LogP contribution >= 0.6 is 0 Å². The molecule has 1 saturated heterocycles. The molecule has 1 heteroatoms. The van der Waals surface area contributed by atoms with Gasteiger partial charge in [-0.25, -0.2) is 0 Å². The van der Waals surface area contributed by atoms with E-state index in [-0.39, 0.29) is 5.60 Å². The molecule has 2 fully saturated rings. The zero-order chi connectivity index (χ0) is 14.7. The molecule has 5 atom stereocenters. The van der Waals surface area contributed by atoms with Gasteiger partial charge < -0.3 is 4.74 Å². The van der Waals surface area contributed by atoms with Gasteiger partial charge >= 0.3 is 0 Å². The molecule has 1 nitrogen and oxygen atoms in total. The molecule has 1 aromatic carbocycles. The first kappa shape index (κ1) is 12.7. The summed E-state index contributed by atoms with van der Waals surface area (Å²) < 4.78 is 6.28. The molecule has 0 radical (unpaired) electrons. The fourth-order valence-electron chi connectivity index (χ4n) is 5.90. The predicted molar refractivity (Wildman–Crippen MR) is 84.8 cm³/mol. The van der Waals surface area contributed by atoms with Gasteiger partial charge in [0.15, 0.2) is 0 Å². The largest absolute Gasteiger partial charge is 0.361 e. The van der Waals surface area contributed by atoms with Crippen LogP contribution in [0.4, 0.5) is 0 Å². The Kier molecular flexibility index (Phi) is 2.06. The first-order chi connectivity index (χ1) is 9.83. The van der Waals surface area contributed by atoms with Crippen molar-refractivity contribution < 1.29 is 4.74 Å². The van der Waals surface area contributed by atoms with E-state index in [9.17, 15) is 0 Å². The Labute approximate surface area is 128 Å². The number of rotatable bonds is 0. The first-order valence-corrected chi connectivity index (χ1v) is 8.69. The monoisotopic (exact) mass is 282 g/mol. The molecule has 0 spiro atoms. The van der Waals surface area contributed by atoms with Crippen molar-refractivity contribution in [1.82, 2.24) is 0 Å². The van der Waals surface area contributed by atoms with Crippen LogP contribution in [0.2, 0.25) is 0 Å². The van der Waals surface area contributed by atoms with Crippen LogP contribution in [-0.4, -0.2) is 5.60 Å². The quantitative estimate of drug-likeness (QED) is 0.610. The Bertz CT molecular complexity index is 671. The summed E-state index contributed by atoms with van der Waals surface area (Å²) in [5, 5.41) is 0. The number of ether oxygens (including phenoxy) is 1. The van der Waals surface area contributed by atoms with Crippen molar-refractivity contribution in [3.05, 3.63) is 33.9 Å². The molecule has 0 amide bonds. The SMILES string of the molecule is Cc1cc2c(c3c1C1CC(C)CC1CC1(C)OC31)C2(C)C. The van der Waals surface area contributed by atoms with Crippen molar-refractivity contribution in [1.29, 1.82) is 0 Å². The molecule has 21 heavy (non-hydrogen) atoms. The Morgan fingerprint density at radius 3 is 2.67 bits per heavy atom. The molecule has 0 bridgehead atoms. The maximum atomic E-state index is 6.28. The maximum Gasteiger partial charge on any atom is 0.113 e. The molecule has 5 unspecified atom stereocenters. The molecule has 4 aliphatic rings. The van der Waals surface area contributed by atoms with Gasteiger partial charge in [-0.3, -0.25) is 0 Å². The summed E-state index contributed by atoms with van der Waals surface area (Å²) in [6, 6.07) is 2.49. The van der Waals surface area contributed by atoms with Crippen LogP contribution in [0.15, 0.2) is 6.07 Å². The Balaban J connectivity index is 1.76. The highest BCUT2D eigenvalue weighted by molar-refractivity contribution is 5.68. The molecule has 112 valence electrons. The lowest BCUT2D eigenvalue weighted by atomic mass is 9.83. The van der Waals surface area contributed by atoms with Gasteiger partial charge in [0.2, 0.25) is 0 Å². The van der Waals surface area contributed by atoms with Crippen molar-refractivity contribution in [3.63, 3.8) is 0 Å². The summed E-state index contributed by atoms with van der Waals surface area (Å²) in [5.41, 5.74) is 8.52. The van der Waals surface area contributed by atoms with E-state index in [1.54, 1.807) is 22.3 Å². The number of hydrogen-bond acceptors (Lipinski definition) is 1. The van der Waals surface area contributed by atoms with Gasteiger partial charge in [-0.2, -0.15) is 0 Å². The van der Waals surface area contributed by atoms with E-state index in [4.69, 9.17) is 4.74 Å². The lowest BCUT2D eigenvalue weighted by Crippen LogP contribution is -2.14. The lowest BCUT2D eigenvalue weighted by molar-refractivity contribution is 0.250. The van der Waals surface area contributed by atoms with E-state index in [1.165, 1.54) is 24.8 Å². The molecule has 1 saturated carbocycles. The third-order valence-electron chi connectivity index (χ3n) is 6.97. The predicted octanol–water partition coefficient (Wildman–Crippen LogP) is 5.00. The fourth-order valence-corrected chi connectivity index (χ4v) is 5.90. The minimum atomic E-state index is 0.137. The van der Waals surface area contributed by atoms with Crippen LogP contribution in [0, 0.1) is 18.8 Å². The van der Waals surface area contributed by atoms with Gasteiger partial charge in [-0.1, -0.05) is 26.8 Å². The zero-order valence-corrected chi connectivity index (χ0v) is 13.9. The lowest BCUT2D eigenvalue weighted by Gasteiger charge is -2.22. The van der Waals surface area contributed by atoms with Gasteiger partial charge in [0, 0.05) is 5.41 Å². The van der Waals surface area contributed by atoms with Crippen molar-refractivity contribution >= 4 is 0 Å². The molecule has 0 aromatic heterocycles. The molecule has 1 heterocycles. The van der Waals surface area contributed by atoms with Crippen LogP contribution in [0.1, 0.15) is 86.8 Å². The summed E-state index contributed by atoms with van der Waals surface area (Å²) in [7, 11) is 0. The highest BCUT2D eigenvalue weighted by atomic mass is 16.6. The van der Waals surface area contributed by atoms with E-state index in [2.05, 4.69) is 40.7 Å².